The predicted octanol–water partition coefficient (Wildman–Crippen LogP) is 2.97. The third-order valence-corrected chi connectivity index (χ3v) is 4.50. The topological polar surface area (TPSA) is 33.2 Å². The summed E-state index contributed by atoms with van der Waals surface area (Å²) in [7, 11) is 0. The molecule has 98 valence electrons. The highest BCUT2D eigenvalue weighted by Gasteiger charge is 2.22. The molecule has 1 aliphatic heterocycles. The lowest BCUT2D eigenvalue weighted by molar-refractivity contribution is -0.118. The molecule has 0 saturated carbocycles. The first-order valence-electron chi connectivity index (χ1n) is 6.53. The largest absolute Gasteiger partial charge is 0.312 e. The number of anilines is 1. The van der Waals surface area contributed by atoms with Crippen LogP contribution in [0.2, 0.25) is 0 Å². The van der Waals surface area contributed by atoms with Gasteiger partial charge in [0, 0.05) is 17.1 Å². The molecule has 0 unspecified atom stereocenters. The summed E-state index contributed by atoms with van der Waals surface area (Å²) < 4.78 is 0. The van der Waals surface area contributed by atoms with Gasteiger partial charge >= 0.3 is 0 Å². The predicted molar refractivity (Wildman–Crippen MR) is 77.7 cm³/mol. The van der Waals surface area contributed by atoms with Crippen molar-refractivity contribution in [2.24, 2.45) is 0 Å². The Hall–Kier alpha value is -1.68. The van der Waals surface area contributed by atoms with Crippen molar-refractivity contribution in [3.8, 4) is 0 Å². The smallest absolute Gasteiger partial charge is 0.232 e. The van der Waals surface area contributed by atoms with E-state index in [-0.39, 0.29) is 5.91 Å². The second-order valence-corrected chi connectivity index (χ2v) is 5.75. The average molecular weight is 272 g/mol. The summed E-state index contributed by atoms with van der Waals surface area (Å²) in [4.78, 5) is 19.7. The van der Waals surface area contributed by atoms with Crippen molar-refractivity contribution in [2.75, 3.05) is 11.4 Å². The van der Waals surface area contributed by atoms with E-state index >= 15 is 0 Å². The highest BCUT2D eigenvalue weighted by Crippen LogP contribution is 2.27. The van der Waals surface area contributed by atoms with Crippen LogP contribution in [0.25, 0.3) is 0 Å². The van der Waals surface area contributed by atoms with E-state index in [4.69, 9.17) is 0 Å². The number of carbonyl (C=O) groups is 1. The lowest BCUT2D eigenvalue weighted by atomic mass is 10.0. The van der Waals surface area contributed by atoms with Crippen molar-refractivity contribution in [3.05, 3.63) is 45.9 Å². The lowest BCUT2D eigenvalue weighted by Crippen LogP contribution is -2.36. The average Bonchev–Trinajstić information content (AvgIpc) is 2.83. The van der Waals surface area contributed by atoms with Crippen molar-refractivity contribution < 1.29 is 4.79 Å². The standard InChI is InChI=1S/C15H16N2OS/c1-11-14(19-10-16-11)9-15(18)17-8-4-6-12-5-2-3-7-13(12)17/h2-3,5,7,10H,4,6,8-9H2,1H3. The fourth-order valence-corrected chi connectivity index (χ4v) is 3.29. The molecule has 0 N–H and O–H groups in total. The monoisotopic (exact) mass is 272 g/mol. The number of thiazole rings is 1. The van der Waals surface area contributed by atoms with E-state index in [1.165, 1.54) is 5.56 Å². The normalized spacial score (nSPS) is 14.3. The quantitative estimate of drug-likeness (QED) is 0.842. The first-order chi connectivity index (χ1) is 9.25. The molecule has 0 bridgehead atoms. The second kappa shape index (κ2) is 5.13. The van der Waals surface area contributed by atoms with Gasteiger partial charge in [-0.15, -0.1) is 11.3 Å². The molecule has 0 saturated heterocycles. The van der Waals surface area contributed by atoms with Gasteiger partial charge in [-0.05, 0) is 31.4 Å². The van der Waals surface area contributed by atoms with Gasteiger partial charge in [0.15, 0.2) is 0 Å². The molecule has 0 atom stereocenters. The van der Waals surface area contributed by atoms with Crippen molar-refractivity contribution in [1.82, 2.24) is 4.98 Å². The molecule has 4 heteroatoms. The van der Waals surface area contributed by atoms with Gasteiger partial charge in [0.2, 0.25) is 5.91 Å². The Morgan fingerprint density at radius 1 is 1.42 bits per heavy atom. The molecule has 2 heterocycles. The van der Waals surface area contributed by atoms with E-state index in [9.17, 15) is 4.79 Å². The zero-order valence-electron chi connectivity index (χ0n) is 10.9. The maximum atomic E-state index is 12.5. The maximum Gasteiger partial charge on any atom is 0.232 e. The number of benzene rings is 1. The summed E-state index contributed by atoms with van der Waals surface area (Å²) >= 11 is 1.56. The molecule has 0 aliphatic carbocycles. The zero-order chi connectivity index (χ0) is 13.2. The Balaban J connectivity index is 1.84. The number of aromatic nitrogens is 1. The number of carbonyl (C=O) groups excluding carboxylic acids is 1. The number of aryl methyl sites for hydroxylation is 2. The van der Waals surface area contributed by atoms with Gasteiger partial charge < -0.3 is 4.90 Å². The molecule has 3 nitrogen and oxygen atoms in total. The van der Waals surface area contributed by atoms with E-state index in [0.29, 0.717) is 6.42 Å². The molecule has 0 radical (unpaired) electrons. The van der Waals surface area contributed by atoms with E-state index in [1.807, 2.05) is 35.5 Å². The first kappa shape index (κ1) is 12.4. The second-order valence-electron chi connectivity index (χ2n) is 4.82. The van der Waals surface area contributed by atoms with Crippen LogP contribution in [0.5, 0.6) is 0 Å². The van der Waals surface area contributed by atoms with E-state index in [0.717, 1.165) is 35.6 Å². The van der Waals surface area contributed by atoms with Gasteiger partial charge in [0.25, 0.3) is 0 Å². The molecule has 0 spiro atoms. The molecule has 1 aliphatic rings. The first-order valence-corrected chi connectivity index (χ1v) is 7.41. The Morgan fingerprint density at radius 2 is 2.26 bits per heavy atom. The van der Waals surface area contributed by atoms with Crippen LogP contribution in [0.1, 0.15) is 22.6 Å². The summed E-state index contributed by atoms with van der Waals surface area (Å²) in [5.41, 5.74) is 5.15. The van der Waals surface area contributed by atoms with Crippen molar-refractivity contribution in [1.29, 1.82) is 0 Å². The highest BCUT2D eigenvalue weighted by atomic mass is 32.1. The minimum absolute atomic E-state index is 0.180. The number of amides is 1. The summed E-state index contributed by atoms with van der Waals surface area (Å²) in [5.74, 6) is 0.180. The van der Waals surface area contributed by atoms with Crippen LogP contribution in [0.15, 0.2) is 29.8 Å². The van der Waals surface area contributed by atoms with Gasteiger partial charge in [-0.2, -0.15) is 0 Å². The van der Waals surface area contributed by atoms with Gasteiger partial charge in [-0.3, -0.25) is 4.79 Å². The van der Waals surface area contributed by atoms with Gasteiger partial charge in [-0.25, -0.2) is 4.98 Å². The van der Waals surface area contributed by atoms with Crippen LogP contribution in [0.4, 0.5) is 5.69 Å². The van der Waals surface area contributed by atoms with Crippen LogP contribution in [0.3, 0.4) is 0 Å². The van der Waals surface area contributed by atoms with Gasteiger partial charge in [0.1, 0.15) is 0 Å². The number of fused-ring (bicyclic) bond motifs is 1. The summed E-state index contributed by atoms with van der Waals surface area (Å²) in [6.45, 7) is 2.79. The minimum atomic E-state index is 0.180. The zero-order valence-corrected chi connectivity index (χ0v) is 11.7. The SMILES string of the molecule is Cc1ncsc1CC(=O)N1CCCc2ccccc21. The Labute approximate surface area is 116 Å². The Bertz CT molecular complexity index is 606. The van der Waals surface area contributed by atoms with E-state index in [1.54, 1.807) is 11.3 Å². The van der Waals surface area contributed by atoms with Crippen molar-refractivity contribution in [3.63, 3.8) is 0 Å². The molecular formula is C15H16N2OS. The Kier molecular flexibility index (Phi) is 3.34. The molecule has 19 heavy (non-hydrogen) atoms. The van der Waals surface area contributed by atoms with Crippen LogP contribution >= 0.6 is 11.3 Å². The third-order valence-electron chi connectivity index (χ3n) is 3.57. The maximum absolute atomic E-state index is 12.5. The lowest BCUT2D eigenvalue weighted by Gasteiger charge is -2.29. The summed E-state index contributed by atoms with van der Waals surface area (Å²) in [6.07, 6.45) is 2.58. The fraction of sp³-hybridized carbons (Fsp3) is 0.333. The number of para-hydroxylation sites is 1. The molecule has 1 aromatic carbocycles. The highest BCUT2D eigenvalue weighted by molar-refractivity contribution is 7.09. The van der Waals surface area contributed by atoms with Crippen LogP contribution < -0.4 is 4.90 Å². The van der Waals surface area contributed by atoms with E-state index in [2.05, 4.69) is 11.1 Å². The number of nitrogens with zero attached hydrogens (tertiary/aromatic N) is 2. The Morgan fingerprint density at radius 3 is 3.05 bits per heavy atom. The van der Waals surface area contributed by atoms with Crippen molar-refractivity contribution >= 4 is 22.9 Å². The van der Waals surface area contributed by atoms with Crippen LogP contribution in [0, 0.1) is 6.92 Å². The summed E-state index contributed by atoms with van der Waals surface area (Å²) in [5, 5.41) is 0. The van der Waals surface area contributed by atoms with E-state index < -0.39 is 0 Å². The molecular weight excluding hydrogens is 256 g/mol. The van der Waals surface area contributed by atoms with Gasteiger partial charge in [0.05, 0.1) is 17.6 Å². The molecule has 1 amide bonds. The number of rotatable bonds is 2. The van der Waals surface area contributed by atoms with Crippen molar-refractivity contribution in [2.45, 2.75) is 26.2 Å². The summed E-state index contributed by atoms with van der Waals surface area (Å²) in [6, 6.07) is 8.21. The molecule has 2 aromatic rings. The fourth-order valence-electron chi connectivity index (χ4n) is 2.52. The van der Waals surface area contributed by atoms with Crippen LogP contribution in [-0.4, -0.2) is 17.4 Å². The number of hydrogen-bond acceptors (Lipinski definition) is 3. The molecule has 0 fully saturated rings. The van der Waals surface area contributed by atoms with Gasteiger partial charge in [-0.1, -0.05) is 18.2 Å². The van der Waals surface area contributed by atoms with Crippen LogP contribution in [-0.2, 0) is 17.6 Å². The molecule has 1 aromatic heterocycles. The third kappa shape index (κ3) is 2.40. The molecule has 3 rings (SSSR count). The number of hydrogen-bond donors (Lipinski definition) is 0. The minimum Gasteiger partial charge on any atom is -0.312 e.